The van der Waals surface area contributed by atoms with Crippen LogP contribution in [0.5, 0.6) is 0 Å². The van der Waals surface area contributed by atoms with E-state index in [0.717, 1.165) is 18.4 Å². The summed E-state index contributed by atoms with van der Waals surface area (Å²) >= 11 is 0. The molecule has 0 saturated carbocycles. The number of alkyl carbamates (subject to hydrolysis) is 1. The molecule has 0 radical (unpaired) electrons. The van der Waals surface area contributed by atoms with Gasteiger partial charge in [0.25, 0.3) is 0 Å². The van der Waals surface area contributed by atoms with Crippen LogP contribution in [0.3, 0.4) is 0 Å². The second-order valence-corrected chi connectivity index (χ2v) is 7.27. The molecule has 1 aromatic carbocycles. The number of carbonyl (C=O) groups excluding carboxylic acids is 2. The van der Waals surface area contributed by atoms with Crippen LogP contribution in [-0.4, -0.2) is 35.1 Å². The number of benzene rings is 1. The van der Waals surface area contributed by atoms with E-state index < -0.39 is 17.7 Å². The number of likely N-dealkylation sites (tertiary alicyclic amines) is 1. The van der Waals surface area contributed by atoms with Crippen LogP contribution in [0.1, 0.15) is 51.2 Å². The van der Waals surface area contributed by atoms with Gasteiger partial charge in [0.15, 0.2) is 0 Å². The summed E-state index contributed by atoms with van der Waals surface area (Å²) in [5, 5.41) is 11.7. The fourth-order valence-electron chi connectivity index (χ4n) is 2.81. The lowest BCUT2D eigenvalue weighted by Crippen LogP contribution is -2.48. The zero-order valence-corrected chi connectivity index (χ0v) is 15.0. The molecule has 0 unspecified atom stereocenters. The van der Waals surface area contributed by atoms with E-state index in [-0.39, 0.29) is 5.91 Å². The summed E-state index contributed by atoms with van der Waals surface area (Å²) in [7, 11) is 0. The molecule has 1 aliphatic heterocycles. The summed E-state index contributed by atoms with van der Waals surface area (Å²) in [6.45, 7) is 6.44. The molecule has 2 rings (SSSR count). The monoisotopic (exact) mass is 343 g/mol. The van der Waals surface area contributed by atoms with Gasteiger partial charge in [-0.25, -0.2) is 4.79 Å². The topological polar surface area (TPSA) is 82.4 Å². The van der Waals surface area contributed by atoms with Crippen LogP contribution in [0, 0.1) is 11.3 Å². The van der Waals surface area contributed by atoms with Crippen molar-refractivity contribution in [3.05, 3.63) is 35.4 Å². The fraction of sp³-hybridized carbons (Fsp3) is 0.526. The molecule has 134 valence electrons. The van der Waals surface area contributed by atoms with Crippen LogP contribution in [0.2, 0.25) is 0 Å². The van der Waals surface area contributed by atoms with Crippen LogP contribution >= 0.6 is 0 Å². The molecule has 0 aliphatic carbocycles. The SMILES string of the molecule is CC(C)(C)OC(=O)N[C@H]1CCCCN(Cc2cccc(C#N)c2)C1=O. The molecule has 6 heteroatoms. The Bertz CT molecular complexity index is 673. The van der Waals surface area contributed by atoms with Crippen LogP contribution in [0.15, 0.2) is 24.3 Å². The Hall–Kier alpha value is -2.55. The summed E-state index contributed by atoms with van der Waals surface area (Å²) in [6.07, 6.45) is 1.78. The third kappa shape index (κ3) is 5.79. The first kappa shape index (κ1) is 18.8. The lowest BCUT2D eigenvalue weighted by Gasteiger charge is -2.26. The zero-order chi connectivity index (χ0) is 18.4. The maximum atomic E-state index is 12.8. The number of hydrogen-bond donors (Lipinski definition) is 1. The van der Waals surface area contributed by atoms with Gasteiger partial charge in [0, 0.05) is 13.1 Å². The molecular weight excluding hydrogens is 318 g/mol. The molecule has 1 atom stereocenters. The number of ether oxygens (including phenoxy) is 1. The van der Waals surface area contributed by atoms with E-state index in [1.807, 2.05) is 12.1 Å². The molecule has 0 aromatic heterocycles. The van der Waals surface area contributed by atoms with Gasteiger partial charge in [0.1, 0.15) is 11.6 Å². The van der Waals surface area contributed by atoms with Crippen molar-refractivity contribution < 1.29 is 14.3 Å². The number of nitriles is 1. The second-order valence-electron chi connectivity index (χ2n) is 7.27. The number of rotatable bonds is 3. The Kier molecular flexibility index (Phi) is 6.02. The van der Waals surface area contributed by atoms with Gasteiger partial charge in [-0.1, -0.05) is 12.1 Å². The molecule has 1 N–H and O–H groups in total. The van der Waals surface area contributed by atoms with Gasteiger partial charge < -0.3 is 15.0 Å². The summed E-state index contributed by atoms with van der Waals surface area (Å²) in [5.74, 6) is -0.106. The van der Waals surface area contributed by atoms with E-state index in [0.29, 0.717) is 25.1 Å². The van der Waals surface area contributed by atoms with Crippen LogP contribution in [0.4, 0.5) is 4.79 Å². The van der Waals surface area contributed by atoms with Crippen molar-refractivity contribution in [3.8, 4) is 6.07 Å². The molecule has 25 heavy (non-hydrogen) atoms. The highest BCUT2D eigenvalue weighted by atomic mass is 16.6. The minimum atomic E-state index is -0.602. The Morgan fingerprint density at radius 1 is 1.40 bits per heavy atom. The van der Waals surface area contributed by atoms with Gasteiger partial charge in [0.05, 0.1) is 11.6 Å². The predicted molar refractivity (Wildman–Crippen MR) is 93.6 cm³/mol. The van der Waals surface area contributed by atoms with E-state index in [1.54, 1.807) is 37.8 Å². The number of hydrogen-bond acceptors (Lipinski definition) is 4. The molecule has 1 aliphatic rings. The van der Waals surface area contributed by atoms with Gasteiger partial charge in [0.2, 0.25) is 5.91 Å². The Morgan fingerprint density at radius 3 is 2.84 bits per heavy atom. The lowest BCUT2D eigenvalue weighted by atomic mass is 10.1. The van der Waals surface area contributed by atoms with Crippen molar-refractivity contribution in [1.82, 2.24) is 10.2 Å². The summed E-state index contributed by atoms with van der Waals surface area (Å²) in [6, 6.07) is 8.77. The van der Waals surface area contributed by atoms with E-state index in [9.17, 15) is 9.59 Å². The number of nitrogens with one attached hydrogen (secondary N) is 1. The van der Waals surface area contributed by atoms with E-state index in [4.69, 9.17) is 10.00 Å². The van der Waals surface area contributed by atoms with Gasteiger partial charge in [-0.05, 0) is 57.7 Å². The largest absolute Gasteiger partial charge is 0.444 e. The summed E-state index contributed by atoms with van der Waals surface area (Å²) < 4.78 is 5.26. The van der Waals surface area contributed by atoms with Crippen molar-refractivity contribution in [2.45, 2.75) is 58.2 Å². The molecule has 0 spiro atoms. The standard InChI is InChI=1S/C19H25N3O3/c1-19(2,3)25-18(24)21-16-9-4-5-10-22(17(16)23)13-15-8-6-7-14(11-15)12-20/h6-8,11,16H,4-5,9-10,13H2,1-3H3,(H,21,24)/t16-/m0/s1. The van der Waals surface area contributed by atoms with E-state index in [2.05, 4.69) is 11.4 Å². The van der Waals surface area contributed by atoms with E-state index in [1.165, 1.54) is 0 Å². The molecule has 1 fully saturated rings. The van der Waals surface area contributed by atoms with Gasteiger partial charge in [-0.15, -0.1) is 0 Å². The van der Waals surface area contributed by atoms with E-state index >= 15 is 0 Å². The predicted octanol–water partition coefficient (Wildman–Crippen LogP) is 2.96. The quantitative estimate of drug-likeness (QED) is 0.915. The molecule has 6 nitrogen and oxygen atoms in total. The zero-order valence-electron chi connectivity index (χ0n) is 15.0. The summed E-state index contributed by atoms with van der Waals surface area (Å²) in [5.41, 5.74) is 0.878. The number of amides is 2. The molecule has 1 aromatic rings. The first-order valence-corrected chi connectivity index (χ1v) is 8.56. The highest BCUT2D eigenvalue weighted by Crippen LogP contribution is 2.17. The van der Waals surface area contributed by atoms with Crippen LogP contribution < -0.4 is 5.32 Å². The number of nitrogens with zero attached hydrogens (tertiary/aromatic N) is 2. The Labute approximate surface area is 148 Å². The third-order valence-electron chi connectivity index (χ3n) is 3.90. The molecule has 1 heterocycles. The maximum Gasteiger partial charge on any atom is 0.408 e. The number of carbonyl (C=O) groups is 2. The molecular formula is C19H25N3O3. The average Bonchev–Trinajstić information content (AvgIpc) is 2.69. The molecule has 1 saturated heterocycles. The van der Waals surface area contributed by atoms with Gasteiger partial charge in [-0.3, -0.25) is 4.79 Å². The lowest BCUT2D eigenvalue weighted by molar-refractivity contribution is -0.133. The fourth-order valence-corrected chi connectivity index (χ4v) is 2.81. The first-order chi connectivity index (χ1) is 11.8. The smallest absolute Gasteiger partial charge is 0.408 e. The highest BCUT2D eigenvalue weighted by molar-refractivity contribution is 5.86. The molecule has 0 bridgehead atoms. The Balaban J connectivity index is 2.05. The van der Waals surface area contributed by atoms with Crippen molar-refractivity contribution in [1.29, 1.82) is 5.26 Å². The average molecular weight is 343 g/mol. The van der Waals surface area contributed by atoms with Crippen LogP contribution in [-0.2, 0) is 16.1 Å². The van der Waals surface area contributed by atoms with Crippen molar-refractivity contribution in [2.75, 3.05) is 6.54 Å². The normalized spacial score (nSPS) is 18.2. The highest BCUT2D eigenvalue weighted by Gasteiger charge is 2.29. The second kappa shape index (κ2) is 8.02. The maximum absolute atomic E-state index is 12.8. The van der Waals surface area contributed by atoms with Crippen molar-refractivity contribution in [2.24, 2.45) is 0 Å². The van der Waals surface area contributed by atoms with Crippen LogP contribution in [0.25, 0.3) is 0 Å². The van der Waals surface area contributed by atoms with Crippen molar-refractivity contribution >= 4 is 12.0 Å². The molecule has 2 amide bonds. The minimum Gasteiger partial charge on any atom is -0.444 e. The third-order valence-corrected chi connectivity index (χ3v) is 3.90. The van der Waals surface area contributed by atoms with Gasteiger partial charge in [-0.2, -0.15) is 5.26 Å². The van der Waals surface area contributed by atoms with Crippen molar-refractivity contribution in [3.63, 3.8) is 0 Å². The Morgan fingerprint density at radius 2 is 2.16 bits per heavy atom. The minimum absolute atomic E-state index is 0.106. The van der Waals surface area contributed by atoms with Gasteiger partial charge >= 0.3 is 6.09 Å². The summed E-state index contributed by atoms with van der Waals surface area (Å²) in [4.78, 5) is 26.5. The first-order valence-electron chi connectivity index (χ1n) is 8.56.